The number of piperidine rings is 1. The zero-order valence-electron chi connectivity index (χ0n) is 9.99. The van der Waals surface area contributed by atoms with Gasteiger partial charge in [-0.25, -0.2) is 4.98 Å². The first kappa shape index (κ1) is 13.0. The van der Waals surface area contributed by atoms with Gasteiger partial charge in [0.05, 0.1) is 6.61 Å². The van der Waals surface area contributed by atoms with Gasteiger partial charge in [0.25, 0.3) is 0 Å². The number of hydrogen-bond donors (Lipinski definition) is 1. The van der Waals surface area contributed by atoms with Gasteiger partial charge in [-0.05, 0) is 71.9 Å². The van der Waals surface area contributed by atoms with Crippen LogP contribution in [-0.4, -0.2) is 24.7 Å². The Labute approximate surface area is 111 Å². The quantitative estimate of drug-likeness (QED) is 0.670. The Balaban J connectivity index is 1.62. The first-order chi connectivity index (χ1) is 8.34. The molecule has 0 spiro atoms. The predicted octanol–water partition coefficient (Wildman–Crippen LogP) is 2.75. The van der Waals surface area contributed by atoms with Crippen LogP contribution in [0.15, 0.2) is 22.9 Å². The van der Waals surface area contributed by atoms with E-state index in [4.69, 9.17) is 4.74 Å². The minimum atomic E-state index is 0.682. The van der Waals surface area contributed by atoms with Crippen LogP contribution in [0.25, 0.3) is 0 Å². The molecule has 17 heavy (non-hydrogen) atoms. The average Bonchev–Trinajstić information content (AvgIpc) is 2.36. The number of ether oxygens (including phenoxy) is 1. The first-order valence-corrected chi connectivity index (χ1v) is 7.03. The molecule has 2 heterocycles. The third-order valence-corrected chi connectivity index (χ3v) is 3.56. The number of nitrogens with one attached hydrogen (secondary N) is 1. The maximum atomic E-state index is 5.70. The monoisotopic (exact) mass is 298 g/mol. The number of halogens is 1. The molecule has 94 valence electrons. The van der Waals surface area contributed by atoms with E-state index in [9.17, 15) is 0 Å². The standard InChI is InChI=1S/C13H19BrN2O/c14-13-8-12(3-6-16-13)10-17-7-4-11-2-1-5-15-9-11/h3,6,8,11,15H,1-2,4-5,7,9-10H2/t11-/m1/s1. The molecule has 0 aliphatic carbocycles. The van der Waals surface area contributed by atoms with Crippen molar-refractivity contribution in [2.75, 3.05) is 19.7 Å². The van der Waals surface area contributed by atoms with Crippen molar-refractivity contribution in [3.63, 3.8) is 0 Å². The summed E-state index contributed by atoms with van der Waals surface area (Å²) in [7, 11) is 0. The van der Waals surface area contributed by atoms with Gasteiger partial charge in [-0.3, -0.25) is 0 Å². The number of rotatable bonds is 5. The minimum absolute atomic E-state index is 0.682. The van der Waals surface area contributed by atoms with Crippen LogP contribution < -0.4 is 5.32 Å². The largest absolute Gasteiger partial charge is 0.377 e. The molecule has 0 radical (unpaired) electrons. The van der Waals surface area contributed by atoms with E-state index in [0.717, 1.165) is 23.7 Å². The van der Waals surface area contributed by atoms with Gasteiger partial charge in [-0.2, -0.15) is 0 Å². The van der Waals surface area contributed by atoms with Crippen LogP contribution >= 0.6 is 15.9 Å². The van der Waals surface area contributed by atoms with Crippen LogP contribution in [0.3, 0.4) is 0 Å². The molecule has 1 aromatic rings. The lowest BCUT2D eigenvalue weighted by molar-refractivity contribution is 0.103. The van der Waals surface area contributed by atoms with Crippen LogP contribution in [-0.2, 0) is 11.3 Å². The van der Waals surface area contributed by atoms with Gasteiger partial charge in [-0.15, -0.1) is 0 Å². The van der Waals surface area contributed by atoms with Crippen molar-refractivity contribution in [1.29, 1.82) is 0 Å². The molecule has 1 aliphatic rings. The van der Waals surface area contributed by atoms with Gasteiger partial charge in [0.2, 0.25) is 0 Å². The zero-order chi connectivity index (χ0) is 11.9. The van der Waals surface area contributed by atoms with E-state index in [1.807, 2.05) is 12.1 Å². The Bertz CT molecular complexity index is 340. The van der Waals surface area contributed by atoms with Crippen molar-refractivity contribution in [2.24, 2.45) is 5.92 Å². The van der Waals surface area contributed by atoms with Crippen molar-refractivity contribution in [2.45, 2.75) is 25.9 Å². The second-order valence-electron chi connectivity index (χ2n) is 4.54. The summed E-state index contributed by atoms with van der Waals surface area (Å²) in [4.78, 5) is 4.09. The van der Waals surface area contributed by atoms with Crippen molar-refractivity contribution < 1.29 is 4.74 Å². The summed E-state index contributed by atoms with van der Waals surface area (Å²) in [5.74, 6) is 0.799. The van der Waals surface area contributed by atoms with Crippen LogP contribution in [0.4, 0.5) is 0 Å². The molecule has 1 aromatic heterocycles. The molecule has 1 N–H and O–H groups in total. The number of hydrogen-bond acceptors (Lipinski definition) is 3. The van der Waals surface area contributed by atoms with E-state index >= 15 is 0 Å². The van der Waals surface area contributed by atoms with E-state index in [2.05, 4.69) is 26.2 Å². The van der Waals surface area contributed by atoms with Crippen molar-refractivity contribution >= 4 is 15.9 Å². The Hall–Kier alpha value is -0.450. The van der Waals surface area contributed by atoms with E-state index in [1.165, 1.54) is 31.4 Å². The summed E-state index contributed by atoms with van der Waals surface area (Å²) in [6.07, 6.45) is 5.62. The molecule has 1 fully saturated rings. The second kappa shape index (κ2) is 7.09. The molecule has 0 aromatic carbocycles. The number of pyridine rings is 1. The summed E-state index contributed by atoms with van der Waals surface area (Å²) >= 11 is 3.36. The lowest BCUT2D eigenvalue weighted by atomic mass is 9.97. The fourth-order valence-electron chi connectivity index (χ4n) is 2.14. The zero-order valence-corrected chi connectivity index (χ0v) is 11.6. The number of nitrogens with zero attached hydrogens (tertiary/aromatic N) is 1. The summed E-state index contributed by atoms with van der Waals surface area (Å²) in [5, 5.41) is 3.43. The maximum Gasteiger partial charge on any atom is 0.106 e. The molecule has 2 rings (SSSR count). The highest BCUT2D eigenvalue weighted by molar-refractivity contribution is 9.10. The molecule has 0 amide bonds. The van der Waals surface area contributed by atoms with Crippen LogP contribution in [0.1, 0.15) is 24.8 Å². The molecule has 1 atom stereocenters. The van der Waals surface area contributed by atoms with E-state index in [0.29, 0.717) is 6.61 Å². The van der Waals surface area contributed by atoms with Gasteiger partial charge in [-0.1, -0.05) is 0 Å². The summed E-state index contributed by atoms with van der Waals surface area (Å²) in [6.45, 7) is 3.88. The molecule has 1 saturated heterocycles. The first-order valence-electron chi connectivity index (χ1n) is 6.23. The van der Waals surface area contributed by atoms with E-state index in [1.54, 1.807) is 6.20 Å². The van der Waals surface area contributed by atoms with Gasteiger partial charge < -0.3 is 10.1 Å². The third kappa shape index (κ3) is 4.74. The van der Waals surface area contributed by atoms with E-state index < -0.39 is 0 Å². The molecule has 0 saturated carbocycles. The highest BCUT2D eigenvalue weighted by Gasteiger charge is 2.12. The fourth-order valence-corrected chi connectivity index (χ4v) is 2.56. The summed E-state index contributed by atoms with van der Waals surface area (Å²) in [5.41, 5.74) is 1.17. The van der Waals surface area contributed by atoms with Crippen LogP contribution in [0.2, 0.25) is 0 Å². The Morgan fingerprint density at radius 2 is 2.47 bits per heavy atom. The van der Waals surface area contributed by atoms with Gasteiger partial charge >= 0.3 is 0 Å². The van der Waals surface area contributed by atoms with Gasteiger partial charge in [0.1, 0.15) is 4.60 Å². The maximum absolute atomic E-state index is 5.70. The fraction of sp³-hybridized carbons (Fsp3) is 0.615. The SMILES string of the molecule is Brc1cc(COCC[C@H]2CCCNC2)ccn1. The second-order valence-corrected chi connectivity index (χ2v) is 5.35. The summed E-state index contributed by atoms with van der Waals surface area (Å²) in [6, 6.07) is 4.00. The van der Waals surface area contributed by atoms with Crippen molar-refractivity contribution in [3.8, 4) is 0 Å². The molecule has 4 heteroatoms. The third-order valence-electron chi connectivity index (χ3n) is 3.13. The molecule has 0 bridgehead atoms. The smallest absolute Gasteiger partial charge is 0.106 e. The average molecular weight is 299 g/mol. The molecular weight excluding hydrogens is 280 g/mol. The van der Waals surface area contributed by atoms with Gasteiger partial charge in [0, 0.05) is 12.8 Å². The highest BCUT2D eigenvalue weighted by atomic mass is 79.9. The topological polar surface area (TPSA) is 34.1 Å². The molecule has 3 nitrogen and oxygen atoms in total. The predicted molar refractivity (Wildman–Crippen MR) is 71.8 cm³/mol. The Kier molecular flexibility index (Phi) is 5.42. The van der Waals surface area contributed by atoms with Crippen molar-refractivity contribution in [1.82, 2.24) is 10.3 Å². The minimum Gasteiger partial charge on any atom is -0.377 e. The molecule has 0 unspecified atom stereocenters. The molecule has 1 aliphatic heterocycles. The van der Waals surface area contributed by atoms with Crippen molar-refractivity contribution in [3.05, 3.63) is 28.5 Å². The van der Waals surface area contributed by atoms with Crippen LogP contribution in [0.5, 0.6) is 0 Å². The Morgan fingerprint density at radius 3 is 3.24 bits per heavy atom. The lowest BCUT2D eigenvalue weighted by Crippen LogP contribution is -2.30. The van der Waals surface area contributed by atoms with Gasteiger partial charge in [0.15, 0.2) is 0 Å². The molecular formula is C13H19BrN2O. The Morgan fingerprint density at radius 1 is 1.53 bits per heavy atom. The van der Waals surface area contributed by atoms with E-state index in [-0.39, 0.29) is 0 Å². The normalized spacial score (nSPS) is 20.4. The number of aromatic nitrogens is 1. The summed E-state index contributed by atoms with van der Waals surface area (Å²) < 4.78 is 6.57. The van der Waals surface area contributed by atoms with Crippen LogP contribution in [0, 0.1) is 5.92 Å². The highest BCUT2D eigenvalue weighted by Crippen LogP contribution is 2.14. The lowest BCUT2D eigenvalue weighted by Gasteiger charge is -2.22.